The molecule has 0 amide bonds. The first-order valence-electron chi connectivity index (χ1n) is 8.13. The molecule has 21 heavy (non-hydrogen) atoms. The maximum atomic E-state index is 12.5. The van der Waals surface area contributed by atoms with Gasteiger partial charge in [0.15, 0.2) is 0 Å². The van der Waals surface area contributed by atoms with E-state index in [9.17, 15) is 4.79 Å². The number of carbonyl (C=O) groups is 1. The Morgan fingerprint density at radius 3 is 2.29 bits per heavy atom. The van der Waals surface area contributed by atoms with Crippen LogP contribution in [0.3, 0.4) is 0 Å². The minimum absolute atomic E-state index is 0.104. The van der Waals surface area contributed by atoms with Gasteiger partial charge >= 0.3 is 5.97 Å². The van der Waals surface area contributed by atoms with Crippen LogP contribution in [-0.2, 0) is 14.3 Å². The fourth-order valence-electron chi connectivity index (χ4n) is 3.51. The number of likely N-dealkylation sites (tertiary alicyclic amines) is 1. The molecule has 0 bridgehead atoms. The molecule has 1 heterocycles. The Labute approximate surface area is 128 Å². The average molecular weight is 298 g/mol. The third-order valence-electron chi connectivity index (χ3n) is 4.71. The van der Waals surface area contributed by atoms with Crippen molar-refractivity contribution in [2.45, 2.75) is 57.2 Å². The van der Waals surface area contributed by atoms with E-state index in [0.717, 1.165) is 45.3 Å². The zero-order valence-electron chi connectivity index (χ0n) is 13.9. The van der Waals surface area contributed by atoms with Crippen LogP contribution in [0.1, 0.15) is 39.5 Å². The third kappa shape index (κ3) is 3.96. The van der Waals surface area contributed by atoms with E-state index < -0.39 is 5.54 Å². The van der Waals surface area contributed by atoms with Gasteiger partial charge in [0.1, 0.15) is 5.54 Å². The van der Waals surface area contributed by atoms with Crippen LogP contribution in [0.15, 0.2) is 0 Å². The monoisotopic (exact) mass is 298 g/mol. The molecule has 1 N–H and O–H groups in total. The lowest BCUT2D eigenvalue weighted by atomic mass is 9.90. The minimum atomic E-state index is -0.539. The van der Waals surface area contributed by atoms with Crippen LogP contribution in [0.5, 0.6) is 0 Å². The highest BCUT2D eigenvalue weighted by Crippen LogP contribution is 2.41. The number of piperidine rings is 1. The van der Waals surface area contributed by atoms with Gasteiger partial charge in [-0.05, 0) is 45.4 Å². The number of ether oxygens (including phenoxy) is 2. The normalized spacial score (nSPS) is 24.0. The molecule has 0 spiro atoms. The van der Waals surface area contributed by atoms with Gasteiger partial charge in [-0.15, -0.1) is 0 Å². The molecule has 5 heteroatoms. The molecule has 122 valence electrons. The predicted molar refractivity (Wildman–Crippen MR) is 82.2 cm³/mol. The summed E-state index contributed by atoms with van der Waals surface area (Å²) in [7, 11) is 3.28. The summed E-state index contributed by atoms with van der Waals surface area (Å²) in [6.45, 7) is 6.92. The molecule has 0 radical (unpaired) electrons. The Morgan fingerprint density at radius 2 is 1.86 bits per heavy atom. The molecule has 1 saturated carbocycles. The molecule has 0 aromatic rings. The van der Waals surface area contributed by atoms with Crippen LogP contribution in [0, 0.1) is 5.92 Å². The largest absolute Gasteiger partial charge is 0.468 e. The van der Waals surface area contributed by atoms with Crippen LogP contribution in [0.25, 0.3) is 0 Å². The molecule has 2 rings (SSSR count). The number of esters is 1. The van der Waals surface area contributed by atoms with Gasteiger partial charge in [-0.1, -0.05) is 0 Å². The van der Waals surface area contributed by atoms with Crippen molar-refractivity contribution in [2.75, 3.05) is 33.9 Å². The van der Waals surface area contributed by atoms with Crippen LogP contribution in [-0.4, -0.2) is 62.4 Å². The summed E-state index contributed by atoms with van der Waals surface area (Å²) in [5.74, 6) is 0.306. The summed E-state index contributed by atoms with van der Waals surface area (Å²) in [5, 5.41) is 3.53. The van der Waals surface area contributed by atoms with E-state index in [0.29, 0.717) is 12.0 Å². The van der Waals surface area contributed by atoms with Crippen molar-refractivity contribution < 1.29 is 14.3 Å². The Balaban J connectivity index is 2.06. The van der Waals surface area contributed by atoms with Gasteiger partial charge in [0.2, 0.25) is 0 Å². The van der Waals surface area contributed by atoms with Gasteiger partial charge in [0.05, 0.1) is 13.2 Å². The Bertz CT molecular complexity index is 349. The zero-order chi connectivity index (χ0) is 15.5. The number of hydrogen-bond acceptors (Lipinski definition) is 5. The van der Waals surface area contributed by atoms with Crippen molar-refractivity contribution in [3.8, 4) is 0 Å². The fraction of sp³-hybridized carbons (Fsp3) is 0.938. The topological polar surface area (TPSA) is 50.8 Å². The molecule has 2 aliphatic rings. The van der Waals surface area contributed by atoms with E-state index >= 15 is 0 Å². The SMILES string of the molecule is COC(=O)C(CN1CCC(OC)CC1)(NC(C)C)C1CC1. The lowest BCUT2D eigenvalue weighted by molar-refractivity contribution is -0.151. The number of nitrogens with zero attached hydrogens (tertiary/aromatic N) is 1. The molecule has 0 aromatic carbocycles. The van der Waals surface area contributed by atoms with Crippen molar-refractivity contribution >= 4 is 5.97 Å². The van der Waals surface area contributed by atoms with E-state index in [1.54, 1.807) is 7.11 Å². The molecule has 2 fully saturated rings. The lowest BCUT2D eigenvalue weighted by Gasteiger charge is -2.41. The number of methoxy groups -OCH3 is 2. The van der Waals surface area contributed by atoms with Crippen molar-refractivity contribution in [2.24, 2.45) is 5.92 Å². The standard InChI is InChI=1S/C16H30N2O3/c1-12(2)17-16(13-5-6-13,15(19)21-4)11-18-9-7-14(20-3)8-10-18/h12-14,17H,5-11H2,1-4H3. The third-order valence-corrected chi connectivity index (χ3v) is 4.71. The second kappa shape index (κ2) is 7.07. The Hall–Kier alpha value is -0.650. The highest BCUT2D eigenvalue weighted by Gasteiger charge is 2.53. The first kappa shape index (κ1) is 16.7. The summed E-state index contributed by atoms with van der Waals surface area (Å²) in [5.41, 5.74) is -0.539. The highest BCUT2D eigenvalue weighted by atomic mass is 16.5. The average Bonchev–Trinajstić information content (AvgIpc) is 3.30. The lowest BCUT2D eigenvalue weighted by Crippen LogP contribution is -2.63. The highest BCUT2D eigenvalue weighted by molar-refractivity contribution is 5.82. The van der Waals surface area contributed by atoms with Gasteiger partial charge in [0, 0.05) is 32.8 Å². The molecule has 1 aliphatic heterocycles. The minimum Gasteiger partial charge on any atom is -0.468 e. The van der Waals surface area contributed by atoms with E-state index in [1.807, 2.05) is 0 Å². The number of rotatable bonds is 7. The molecule has 0 aromatic heterocycles. The molecule has 1 atom stereocenters. The van der Waals surface area contributed by atoms with Gasteiger partial charge in [-0.3, -0.25) is 5.32 Å². The van der Waals surface area contributed by atoms with Crippen molar-refractivity contribution in [3.63, 3.8) is 0 Å². The van der Waals surface area contributed by atoms with Gasteiger partial charge in [-0.25, -0.2) is 4.79 Å². The smallest absolute Gasteiger partial charge is 0.327 e. The zero-order valence-corrected chi connectivity index (χ0v) is 13.9. The molecular weight excluding hydrogens is 268 g/mol. The van der Waals surface area contributed by atoms with Crippen molar-refractivity contribution in [3.05, 3.63) is 0 Å². The Kier molecular flexibility index (Phi) is 5.63. The van der Waals surface area contributed by atoms with Crippen molar-refractivity contribution in [1.82, 2.24) is 10.2 Å². The summed E-state index contributed by atoms with van der Waals surface area (Å²) in [6, 6.07) is 0.265. The number of nitrogens with one attached hydrogen (secondary N) is 1. The van der Waals surface area contributed by atoms with E-state index in [4.69, 9.17) is 9.47 Å². The maximum absolute atomic E-state index is 12.5. The fourth-order valence-corrected chi connectivity index (χ4v) is 3.51. The van der Waals surface area contributed by atoms with Crippen LogP contribution < -0.4 is 5.32 Å². The number of hydrogen-bond donors (Lipinski definition) is 1. The van der Waals surface area contributed by atoms with E-state index in [2.05, 4.69) is 24.1 Å². The summed E-state index contributed by atoms with van der Waals surface area (Å²) < 4.78 is 10.6. The van der Waals surface area contributed by atoms with E-state index in [-0.39, 0.29) is 12.0 Å². The Morgan fingerprint density at radius 1 is 1.24 bits per heavy atom. The predicted octanol–water partition coefficient (Wildman–Crippen LogP) is 1.42. The molecular formula is C16H30N2O3. The maximum Gasteiger partial charge on any atom is 0.327 e. The van der Waals surface area contributed by atoms with Gasteiger partial charge in [-0.2, -0.15) is 0 Å². The number of carbonyl (C=O) groups excluding carboxylic acids is 1. The summed E-state index contributed by atoms with van der Waals surface area (Å²) in [4.78, 5) is 14.9. The molecule has 1 aliphatic carbocycles. The van der Waals surface area contributed by atoms with Gasteiger partial charge in [0.25, 0.3) is 0 Å². The first-order chi connectivity index (χ1) is 10.0. The second-order valence-corrected chi connectivity index (χ2v) is 6.75. The molecule has 5 nitrogen and oxygen atoms in total. The van der Waals surface area contributed by atoms with E-state index in [1.165, 1.54) is 7.11 Å². The summed E-state index contributed by atoms with van der Waals surface area (Å²) in [6.07, 6.45) is 4.68. The molecule has 1 unspecified atom stereocenters. The van der Waals surface area contributed by atoms with Gasteiger partial charge < -0.3 is 14.4 Å². The van der Waals surface area contributed by atoms with Crippen LogP contribution >= 0.6 is 0 Å². The first-order valence-corrected chi connectivity index (χ1v) is 8.13. The summed E-state index contributed by atoms with van der Waals surface area (Å²) >= 11 is 0. The second-order valence-electron chi connectivity index (χ2n) is 6.75. The van der Waals surface area contributed by atoms with Crippen LogP contribution in [0.4, 0.5) is 0 Å². The quantitative estimate of drug-likeness (QED) is 0.720. The molecule has 1 saturated heterocycles. The van der Waals surface area contributed by atoms with Crippen molar-refractivity contribution in [1.29, 1.82) is 0 Å². The van der Waals surface area contributed by atoms with Crippen LogP contribution in [0.2, 0.25) is 0 Å².